The van der Waals surface area contributed by atoms with Crippen LogP contribution in [0, 0.1) is 0 Å². The number of allylic oxidation sites excluding steroid dienone is 2. The van der Waals surface area contributed by atoms with Gasteiger partial charge in [0.2, 0.25) is 0 Å². The van der Waals surface area contributed by atoms with E-state index in [-0.39, 0.29) is 0 Å². The molecular formula is C11H18O4. The van der Waals surface area contributed by atoms with Crippen molar-refractivity contribution in [3.8, 4) is 0 Å². The number of carbonyl (C=O) groups excluding carboxylic acids is 1. The van der Waals surface area contributed by atoms with Gasteiger partial charge < -0.3 is 14.9 Å². The third-order valence-electron chi connectivity index (χ3n) is 2.13. The molecule has 0 saturated carbocycles. The Bertz CT molecular complexity index is 274. The molecule has 0 aromatic heterocycles. The number of ether oxygens (including phenoxy) is 1. The summed E-state index contributed by atoms with van der Waals surface area (Å²) in [7, 11) is 1.30. The van der Waals surface area contributed by atoms with Gasteiger partial charge in [0.05, 0.1) is 13.2 Å². The number of carbonyl (C=O) groups is 1. The third-order valence-corrected chi connectivity index (χ3v) is 2.13. The summed E-state index contributed by atoms with van der Waals surface area (Å²) in [6.07, 6.45) is 3.58. The summed E-state index contributed by atoms with van der Waals surface area (Å²) in [5.74, 6) is -0.420. The molecule has 0 bridgehead atoms. The molecule has 15 heavy (non-hydrogen) atoms. The van der Waals surface area contributed by atoms with E-state index in [1.807, 2.05) is 0 Å². The largest absolute Gasteiger partial charge is 0.466 e. The summed E-state index contributed by atoms with van der Waals surface area (Å²) < 4.78 is 4.49. The van der Waals surface area contributed by atoms with Gasteiger partial charge >= 0.3 is 5.97 Å². The molecule has 86 valence electrons. The van der Waals surface area contributed by atoms with Gasteiger partial charge in [-0.1, -0.05) is 18.2 Å². The quantitative estimate of drug-likeness (QED) is 0.412. The minimum atomic E-state index is -1.30. The first-order chi connectivity index (χ1) is 6.81. The van der Waals surface area contributed by atoms with Gasteiger partial charge in [-0.05, 0) is 20.8 Å². The number of hydrogen-bond acceptors (Lipinski definition) is 4. The van der Waals surface area contributed by atoms with Crippen molar-refractivity contribution >= 4 is 5.97 Å². The number of hydrogen-bond donors (Lipinski definition) is 2. The molecule has 0 fully saturated rings. The molecule has 0 heterocycles. The van der Waals surface area contributed by atoms with Crippen LogP contribution in [-0.4, -0.2) is 35.0 Å². The molecule has 0 rings (SSSR count). The van der Waals surface area contributed by atoms with E-state index < -0.39 is 17.7 Å². The van der Waals surface area contributed by atoms with Crippen molar-refractivity contribution < 1.29 is 19.7 Å². The molecule has 0 aliphatic heterocycles. The van der Waals surface area contributed by atoms with Crippen molar-refractivity contribution in [1.29, 1.82) is 0 Å². The lowest BCUT2D eigenvalue weighted by Gasteiger charge is -2.21. The van der Waals surface area contributed by atoms with E-state index in [2.05, 4.69) is 4.74 Å². The summed E-state index contributed by atoms with van der Waals surface area (Å²) in [6.45, 7) is 4.57. The lowest BCUT2D eigenvalue weighted by Crippen LogP contribution is -2.34. The maximum atomic E-state index is 11.0. The molecule has 1 unspecified atom stereocenters. The van der Waals surface area contributed by atoms with Gasteiger partial charge in [0.1, 0.15) is 5.60 Å². The van der Waals surface area contributed by atoms with Crippen molar-refractivity contribution in [3.63, 3.8) is 0 Å². The molecule has 2 N–H and O–H groups in total. The zero-order valence-electron chi connectivity index (χ0n) is 9.52. The molecule has 0 aliphatic carbocycles. The highest BCUT2D eigenvalue weighted by atomic mass is 16.5. The van der Waals surface area contributed by atoms with Gasteiger partial charge in [-0.25, -0.2) is 4.79 Å². The minimum Gasteiger partial charge on any atom is -0.466 e. The van der Waals surface area contributed by atoms with E-state index in [4.69, 9.17) is 0 Å². The number of rotatable bonds is 4. The predicted molar refractivity (Wildman–Crippen MR) is 57.2 cm³/mol. The van der Waals surface area contributed by atoms with Crippen molar-refractivity contribution in [3.05, 3.63) is 23.8 Å². The summed E-state index contributed by atoms with van der Waals surface area (Å²) >= 11 is 0. The Kier molecular flexibility index (Phi) is 5.25. The van der Waals surface area contributed by atoms with Gasteiger partial charge in [-0.3, -0.25) is 0 Å². The summed E-state index contributed by atoms with van der Waals surface area (Å²) in [4.78, 5) is 11.0. The first-order valence-corrected chi connectivity index (χ1v) is 4.66. The minimum absolute atomic E-state index is 0.420. The topological polar surface area (TPSA) is 66.8 Å². The van der Waals surface area contributed by atoms with E-state index in [0.717, 1.165) is 0 Å². The smallest absolute Gasteiger partial charge is 0.333 e. The van der Waals surface area contributed by atoms with Crippen LogP contribution >= 0.6 is 0 Å². The summed E-state index contributed by atoms with van der Waals surface area (Å²) in [5.41, 5.74) is -0.873. The van der Waals surface area contributed by atoms with Gasteiger partial charge in [-0.15, -0.1) is 0 Å². The highest BCUT2D eigenvalue weighted by Crippen LogP contribution is 2.11. The Balaban J connectivity index is 4.50. The molecule has 0 aromatic carbocycles. The molecule has 0 saturated heterocycles. The van der Waals surface area contributed by atoms with Crippen LogP contribution in [0.4, 0.5) is 0 Å². The fraction of sp³-hybridized carbons (Fsp3) is 0.545. The fourth-order valence-electron chi connectivity index (χ4n) is 0.756. The van der Waals surface area contributed by atoms with Crippen LogP contribution in [-0.2, 0) is 9.53 Å². The maximum Gasteiger partial charge on any atom is 0.333 e. The molecule has 0 aromatic rings. The first kappa shape index (κ1) is 13.9. The molecule has 0 aliphatic rings. The molecule has 2 atom stereocenters. The monoisotopic (exact) mass is 214 g/mol. The second kappa shape index (κ2) is 5.68. The Morgan fingerprint density at radius 2 is 2.07 bits per heavy atom. The standard InChI is InChI=1S/C11H18O4/c1-8(10(13)15-4)6-5-7-11(3,14)9(2)12/h5-7,9,12,14H,1-4H3/b7-5+,8-6+/t9?,11-/m0/s1. The maximum absolute atomic E-state index is 11.0. The number of aliphatic hydroxyl groups excluding tert-OH is 1. The van der Waals surface area contributed by atoms with Gasteiger partial charge in [-0.2, -0.15) is 0 Å². The summed E-state index contributed by atoms with van der Waals surface area (Å²) in [6, 6.07) is 0. The van der Waals surface area contributed by atoms with Crippen LogP contribution in [0.1, 0.15) is 20.8 Å². The van der Waals surface area contributed by atoms with Crippen molar-refractivity contribution in [1.82, 2.24) is 0 Å². The Morgan fingerprint density at radius 1 is 1.53 bits per heavy atom. The second-order valence-electron chi connectivity index (χ2n) is 3.60. The molecule has 4 nitrogen and oxygen atoms in total. The summed E-state index contributed by atoms with van der Waals surface area (Å²) in [5, 5.41) is 18.8. The second-order valence-corrected chi connectivity index (χ2v) is 3.60. The third kappa shape index (κ3) is 4.76. The zero-order valence-corrected chi connectivity index (χ0v) is 9.52. The van der Waals surface area contributed by atoms with Crippen molar-refractivity contribution in [2.45, 2.75) is 32.5 Å². The van der Waals surface area contributed by atoms with E-state index in [1.54, 1.807) is 6.92 Å². The number of methoxy groups -OCH3 is 1. The van der Waals surface area contributed by atoms with Crippen LogP contribution in [0.3, 0.4) is 0 Å². The molecule has 4 heteroatoms. The number of esters is 1. The molecule has 0 radical (unpaired) electrons. The Labute approximate surface area is 89.9 Å². The molecule has 0 amide bonds. The highest BCUT2D eigenvalue weighted by molar-refractivity contribution is 5.87. The van der Waals surface area contributed by atoms with E-state index in [1.165, 1.54) is 39.2 Å². The van der Waals surface area contributed by atoms with Crippen LogP contribution in [0.25, 0.3) is 0 Å². The van der Waals surface area contributed by atoms with Gasteiger partial charge in [0.15, 0.2) is 0 Å². The SMILES string of the molecule is COC(=O)/C(C)=C/C=C/[C@](C)(O)C(C)O. The van der Waals surface area contributed by atoms with Crippen LogP contribution in [0.5, 0.6) is 0 Å². The van der Waals surface area contributed by atoms with Crippen LogP contribution in [0.15, 0.2) is 23.8 Å². The normalized spacial score (nSPS) is 18.7. The van der Waals surface area contributed by atoms with E-state index in [0.29, 0.717) is 5.57 Å². The Hall–Kier alpha value is -1.13. The fourth-order valence-corrected chi connectivity index (χ4v) is 0.756. The van der Waals surface area contributed by atoms with Gasteiger partial charge in [0, 0.05) is 5.57 Å². The van der Waals surface area contributed by atoms with Gasteiger partial charge in [0.25, 0.3) is 0 Å². The molecule has 0 spiro atoms. The zero-order chi connectivity index (χ0) is 12.1. The van der Waals surface area contributed by atoms with E-state index >= 15 is 0 Å². The van der Waals surface area contributed by atoms with E-state index in [9.17, 15) is 15.0 Å². The predicted octanol–water partition coefficient (Wildman–Crippen LogP) is 0.794. The lowest BCUT2D eigenvalue weighted by molar-refractivity contribution is -0.136. The average Bonchev–Trinajstić information content (AvgIpc) is 2.15. The average molecular weight is 214 g/mol. The highest BCUT2D eigenvalue weighted by Gasteiger charge is 2.22. The van der Waals surface area contributed by atoms with Crippen LogP contribution < -0.4 is 0 Å². The molecular weight excluding hydrogens is 196 g/mol. The van der Waals surface area contributed by atoms with Crippen molar-refractivity contribution in [2.24, 2.45) is 0 Å². The van der Waals surface area contributed by atoms with Crippen molar-refractivity contribution in [2.75, 3.05) is 7.11 Å². The van der Waals surface area contributed by atoms with Crippen LogP contribution in [0.2, 0.25) is 0 Å². The number of aliphatic hydroxyl groups is 2. The first-order valence-electron chi connectivity index (χ1n) is 4.66. The Morgan fingerprint density at radius 3 is 2.47 bits per heavy atom. The lowest BCUT2D eigenvalue weighted by atomic mass is 10.00.